The maximum Gasteiger partial charge on any atom is 0.236 e. The Morgan fingerprint density at radius 3 is 2.03 bits per heavy atom. The molecule has 3 nitrogen and oxygen atoms in total. The highest BCUT2D eigenvalue weighted by atomic mass is 19.1. The number of amides is 1. The Labute approximate surface area is 168 Å². The first-order valence-electron chi connectivity index (χ1n) is 9.65. The lowest BCUT2D eigenvalue weighted by molar-refractivity contribution is -0.126. The minimum atomic E-state index is -0.343. The Balaban J connectivity index is 1.53. The van der Waals surface area contributed by atoms with Crippen LogP contribution < -0.4 is 4.90 Å². The van der Waals surface area contributed by atoms with Crippen molar-refractivity contribution in [3.05, 3.63) is 95.6 Å². The highest BCUT2D eigenvalue weighted by Gasteiger charge is 2.48. The van der Waals surface area contributed by atoms with Gasteiger partial charge in [-0.25, -0.2) is 8.78 Å². The molecule has 2 atom stereocenters. The van der Waals surface area contributed by atoms with Crippen molar-refractivity contribution in [2.75, 3.05) is 4.90 Å². The number of halogens is 2. The van der Waals surface area contributed by atoms with Crippen LogP contribution in [0.25, 0.3) is 0 Å². The van der Waals surface area contributed by atoms with Gasteiger partial charge in [-0.15, -0.1) is 0 Å². The summed E-state index contributed by atoms with van der Waals surface area (Å²) in [5.74, 6) is -0.774. The summed E-state index contributed by atoms with van der Waals surface area (Å²) >= 11 is 0. The van der Waals surface area contributed by atoms with E-state index in [1.54, 1.807) is 53.4 Å². The van der Waals surface area contributed by atoms with Crippen molar-refractivity contribution in [3.63, 3.8) is 0 Å². The fraction of sp³-hybridized carbons (Fsp3) is 0.208. The normalized spacial score (nSPS) is 18.6. The van der Waals surface area contributed by atoms with E-state index < -0.39 is 0 Å². The molecule has 1 N–H and O–H groups in total. The number of β-lactam (4-membered cyclic amide) rings is 1. The van der Waals surface area contributed by atoms with Crippen molar-refractivity contribution in [2.45, 2.75) is 31.2 Å². The van der Waals surface area contributed by atoms with Gasteiger partial charge in [-0.2, -0.15) is 0 Å². The van der Waals surface area contributed by atoms with Crippen LogP contribution >= 0.6 is 0 Å². The number of aromatic hydroxyl groups is 1. The van der Waals surface area contributed by atoms with Gasteiger partial charge in [0, 0.05) is 5.69 Å². The fourth-order valence-corrected chi connectivity index (χ4v) is 3.97. The molecular formula is C24H21F2NO2. The molecule has 1 saturated heterocycles. The first-order valence-corrected chi connectivity index (χ1v) is 9.65. The third-order valence-corrected chi connectivity index (χ3v) is 5.46. The van der Waals surface area contributed by atoms with Crippen LogP contribution in [-0.2, 0) is 11.2 Å². The highest BCUT2D eigenvalue weighted by Crippen LogP contribution is 2.42. The van der Waals surface area contributed by atoms with Crippen molar-refractivity contribution in [2.24, 2.45) is 0 Å². The average molecular weight is 393 g/mol. The molecule has 0 unspecified atom stereocenters. The minimum Gasteiger partial charge on any atom is -0.508 e. The number of anilines is 1. The Hall–Kier alpha value is -3.21. The lowest BCUT2D eigenvalue weighted by atomic mass is 9.78. The topological polar surface area (TPSA) is 40.5 Å². The Kier molecular flexibility index (Phi) is 5.30. The fourth-order valence-electron chi connectivity index (χ4n) is 3.97. The molecule has 1 aliphatic heterocycles. The zero-order valence-corrected chi connectivity index (χ0v) is 15.8. The molecule has 0 aromatic heterocycles. The van der Waals surface area contributed by atoms with Gasteiger partial charge >= 0.3 is 0 Å². The summed E-state index contributed by atoms with van der Waals surface area (Å²) in [6.45, 7) is 0. The molecule has 5 heteroatoms. The van der Waals surface area contributed by atoms with Crippen molar-refractivity contribution in [1.29, 1.82) is 0 Å². The van der Waals surface area contributed by atoms with Crippen LogP contribution in [0.5, 0.6) is 5.75 Å². The molecule has 0 saturated carbocycles. The molecule has 1 amide bonds. The largest absolute Gasteiger partial charge is 0.508 e. The summed E-state index contributed by atoms with van der Waals surface area (Å²) in [5, 5.41) is 9.55. The molecule has 3 aromatic carbocycles. The van der Waals surface area contributed by atoms with Gasteiger partial charge in [-0.1, -0.05) is 24.3 Å². The predicted octanol–water partition coefficient (Wildman–Crippen LogP) is 5.19. The van der Waals surface area contributed by atoms with Crippen LogP contribution in [0, 0.1) is 11.6 Å². The van der Waals surface area contributed by atoms with Gasteiger partial charge in [-0.05, 0) is 78.9 Å². The standard InChI is InChI=1S/C24H21F2NO2/c25-18-8-4-16(5-9-18)2-1-3-22-23(17-6-14-21(28)15-7-17)24(29)27(22)20-12-10-19(26)11-13-20/h4-15,22-23,28H,1-3H2/t22-,23+/m0/s1. The smallest absolute Gasteiger partial charge is 0.236 e. The lowest BCUT2D eigenvalue weighted by Crippen LogP contribution is -2.59. The van der Waals surface area contributed by atoms with E-state index in [4.69, 9.17) is 0 Å². The van der Waals surface area contributed by atoms with Crippen LogP contribution in [0.4, 0.5) is 14.5 Å². The first-order chi connectivity index (χ1) is 14.0. The van der Waals surface area contributed by atoms with Gasteiger partial charge in [0.05, 0.1) is 12.0 Å². The first kappa shape index (κ1) is 19.1. The van der Waals surface area contributed by atoms with Gasteiger partial charge in [-0.3, -0.25) is 4.79 Å². The van der Waals surface area contributed by atoms with Gasteiger partial charge in [0.1, 0.15) is 17.4 Å². The van der Waals surface area contributed by atoms with E-state index in [1.807, 2.05) is 0 Å². The third kappa shape index (κ3) is 3.99. The molecule has 148 valence electrons. The maximum atomic E-state index is 13.3. The Bertz CT molecular complexity index is 929. The molecular weight excluding hydrogens is 372 g/mol. The van der Waals surface area contributed by atoms with Crippen LogP contribution in [0.2, 0.25) is 0 Å². The van der Waals surface area contributed by atoms with Crippen molar-refractivity contribution in [3.8, 4) is 5.75 Å². The number of benzene rings is 3. The van der Waals surface area contributed by atoms with E-state index in [9.17, 15) is 18.7 Å². The van der Waals surface area contributed by atoms with Crippen LogP contribution in [-0.4, -0.2) is 17.1 Å². The van der Waals surface area contributed by atoms with E-state index >= 15 is 0 Å². The van der Waals surface area contributed by atoms with E-state index in [0.29, 0.717) is 5.69 Å². The van der Waals surface area contributed by atoms with Gasteiger partial charge < -0.3 is 10.0 Å². The molecule has 0 spiro atoms. The molecule has 4 rings (SSSR count). The second-order valence-electron chi connectivity index (χ2n) is 7.34. The number of aryl methyl sites for hydroxylation is 1. The van der Waals surface area contributed by atoms with E-state index in [-0.39, 0.29) is 35.3 Å². The average Bonchev–Trinajstić information content (AvgIpc) is 2.72. The van der Waals surface area contributed by atoms with E-state index in [0.717, 1.165) is 30.4 Å². The SMILES string of the molecule is O=C1[C@H](c2ccc(O)cc2)[C@H](CCCc2ccc(F)cc2)N1c1ccc(F)cc1. The number of hydrogen-bond donors (Lipinski definition) is 1. The molecule has 0 bridgehead atoms. The maximum absolute atomic E-state index is 13.3. The zero-order chi connectivity index (χ0) is 20.4. The molecule has 1 heterocycles. The number of rotatable bonds is 6. The second-order valence-corrected chi connectivity index (χ2v) is 7.34. The Morgan fingerprint density at radius 2 is 1.41 bits per heavy atom. The predicted molar refractivity (Wildman–Crippen MR) is 108 cm³/mol. The quantitative estimate of drug-likeness (QED) is 0.586. The summed E-state index contributed by atoms with van der Waals surface area (Å²) in [4.78, 5) is 14.7. The lowest BCUT2D eigenvalue weighted by Gasteiger charge is -2.47. The van der Waals surface area contributed by atoms with Crippen LogP contribution in [0.15, 0.2) is 72.8 Å². The third-order valence-electron chi connectivity index (χ3n) is 5.46. The van der Waals surface area contributed by atoms with Gasteiger partial charge in [0.15, 0.2) is 0 Å². The second kappa shape index (κ2) is 8.03. The molecule has 29 heavy (non-hydrogen) atoms. The summed E-state index contributed by atoms with van der Waals surface area (Å²) in [6, 6.07) is 19.0. The van der Waals surface area contributed by atoms with Gasteiger partial charge in [0.25, 0.3) is 0 Å². The molecule has 3 aromatic rings. The van der Waals surface area contributed by atoms with Crippen molar-refractivity contribution < 1.29 is 18.7 Å². The molecule has 1 aliphatic rings. The number of nitrogens with zero attached hydrogens (tertiary/aromatic N) is 1. The van der Waals surface area contributed by atoms with Crippen LogP contribution in [0.1, 0.15) is 29.9 Å². The number of phenolic OH excluding ortho intramolecular Hbond substituents is 1. The van der Waals surface area contributed by atoms with Crippen LogP contribution in [0.3, 0.4) is 0 Å². The molecule has 0 aliphatic carbocycles. The number of hydrogen-bond acceptors (Lipinski definition) is 2. The van der Waals surface area contributed by atoms with Crippen molar-refractivity contribution >= 4 is 11.6 Å². The summed E-state index contributed by atoms with van der Waals surface area (Å²) in [5.41, 5.74) is 2.59. The Morgan fingerprint density at radius 1 is 0.828 bits per heavy atom. The minimum absolute atomic E-state index is 0.0333. The highest BCUT2D eigenvalue weighted by molar-refractivity contribution is 6.06. The zero-order valence-electron chi connectivity index (χ0n) is 15.8. The number of phenols is 1. The summed E-state index contributed by atoms with van der Waals surface area (Å²) in [7, 11) is 0. The number of carbonyl (C=O) groups is 1. The molecule has 0 radical (unpaired) electrons. The van der Waals surface area contributed by atoms with Gasteiger partial charge in [0.2, 0.25) is 5.91 Å². The molecule has 1 fully saturated rings. The van der Waals surface area contributed by atoms with E-state index in [2.05, 4.69) is 0 Å². The van der Waals surface area contributed by atoms with E-state index in [1.165, 1.54) is 24.3 Å². The van der Waals surface area contributed by atoms with Crippen molar-refractivity contribution in [1.82, 2.24) is 0 Å². The summed E-state index contributed by atoms with van der Waals surface area (Å²) in [6.07, 6.45) is 2.37. The number of carbonyl (C=O) groups excluding carboxylic acids is 1. The monoisotopic (exact) mass is 393 g/mol. The summed E-state index contributed by atoms with van der Waals surface area (Å²) < 4.78 is 26.4.